The summed E-state index contributed by atoms with van der Waals surface area (Å²) in [4.78, 5) is 33.3. The predicted octanol–water partition coefficient (Wildman–Crippen LogP) is 2.21. The van der Waals surface area contributed by atoms with Crippen molar-refractivity contribution in [3.05, 3.63) is 29.8 Å². The van der Waals surface area contributed by atoms with Crippen LogP contribution < -0.4 is 10.6 Å². The van der Waals surface area contributed by atoms with E-state index in [1.165, 1.54) is 0 Å². The lowest BCUT2D eigenvalue weighted by Gasteiger charge is -2.37. The SMILES string of the molecule is CCCC(=O)Nc1cccc(CN=C(NCC)N2CCN(C(=O)C3CCCO3)CC2)c1. The highest BCUT2D eigenvalue weighted by molar-refractivity contribution is 5.90. The molecule has 2 aliphatic rings. The van der Waals surface area contributed by atoms with Crippen LogP contribution in [0.3, 0.4) is 0 Å². The molecule has 1 unspecified atom stereocenters. The number of ether oxygens (including phenoxy) is 1. The standard InChI is InChI=1S/C23H35N5O3/c1-3-7-21(29)26-19-9-5-8-18(16-19)17-25-23(24-4-2)28-13-11-27(12-14-28)22(30)20-10-6-15-31-20/h5,8-9,16,20H,3-4,6-7,10-15,17H2,1-2H3,(H,24,25)(H,26,29). The van der Waals surface area contributed by atoms with Crippen LogP contribution in [0.1, 0.15) is 45.1 Å². The Balaban J connectivity index is 1.57. The Morgan fingerprint density at radius 1 is 1.16 bits per heavy atom. The first-order valence-corrected chi connectivity index (χ1v) is 11.4. The summed E-state index contributed by atoms with van der Waals surface area (Å²) in [6, 6.07) is 7.82. The Hall–Kier alpha value is -2.61. The molecule has 1 aromatic rings. The molecule has 0 spiro atoms. The van der Waals surface area contributed by atoms with Crippen molar-refractivity contribution in [2.75, 3.05) is 44.6 Å². The molecule has 2 amide bonds. The van der Waals surface area contributed by atoms with E-state index in [0.29, 0.717) is 32.7 Å². The molecule has 2 aliphatic heterocycles. The number of rotatable bonds is 7. The second kappa shape index (κ2) is 11.7. The molecule has 2 saturated heterocycles. The van der Waals surface area contributed by atoms with Gasteiger partial charge in [0, 0.05) is 51.4 Å². The highest BCUT2D eigenvalue weighted by Crippen LogP contribution is 2.16. The molecular weight excluding hydrogens is 394 g/mol. The Morgan fingerprint density at radius 2 is 1.94 bits per heavy atom. The van der Waals surface area contributed by atoms with Crippen LogP contribution in [-0.2, 0) is 20.9 Å². The average molecular weight is 430 g/mol. The zero-order valence-corrected chi connectivity index (χ0v) is 18.7. The van der Waals surface area contributed by atoms with Crippen LogP contribution >= 0.6 is 0 Å². The van der Waals surface area contributed by atoms with E-state index >= 15 is 0 Å². The zero-order chi connectivity index (χ0) is 22.1. The predicted molar refractivity (Wildman–Crippen MR) is 122 cm³/mol. The summed E-state index contributed by atoms with van der Waals surface area (Å²) in [6.07, 6.45) is 2.90. The molecule has 0 aliphatic carbocycles. The molecule has 170 valence electrons. The van der Waals surface area contributed by atoms with Gasteiger partial charge in [-0.25, -0.2) is 4.99 Å². The topological polar surface area (TPSA) is 86.3 Å². The number of guanidine groups is 1. The molecule has 0 saturated carbocycles. The zero-order valence-electron chi connectivity index (χ0n) is 18.7. The minimum absolute atomic E-state index is 0.0342. The number of amides is 2. The number of hydrogen-bond donors (Lipinski definition) is 2. The van der Waals surface area contributed by atoms with Gasteiger partial charge in [-0.1, -0.05) is 19.1 Å². The lowest BCUT2D eigenvalue weighted by atomic mass is 10.2. The van der Waals surface area contributed by atoms with E-state index in [0.717, 1.165) is 56.1 Å². The maximum absolute atomic E-state index is 12.6. The number of anilines is 1. The fraction of sp³-hybridized carbons (Fsp3) is 0.609. The van der Waals surface area contributed by atoms with Crippen LogP contribution in [0, 0.1) is 0 Å². The summed E-state index contributed by atoms with van der Waals surface area (Å²) in [5.41, 5.74) is 1.84. The van der Waals surface area contributed by atoms with Crippen molar-refractivity contribution in [3.8, 4) is 0 Å². The molecule has 0 bridgehead atoms. The third-order valence-corrected chi connectivity index (χ3v) is 5.53. The summed E-state index contributed by atoms with van der Waals surface area (Å²) >= 11 is 0. The third-order valence-electron chi connectivity index (χ3n) is 5.53. The summed E-state index contributed by atoms with van der Waals surface area (Å²) in [6.45, 7) is 8.90. The van der Waals surface area contributed by atoms with Crippen LogP contribution in [0.4, 0.5) is 5.69 Å². The largest absolute Gasteiger partial charge is 0.368 e. The molecule has 8 heteroatoms. The first-order valence-electron chi connectivity index (χ1n) is 11.4. The van der Waals surface area contributed by atoms with Crippen LogP contribution in [-0.4, -0.2) is 73.0 Å². The third kappa shape index (κ3) is 6.69. The van der Waals surface area contributed by atoms with Crippen LogP contribution in [0.5, 0.6) is 0 Å². The second-order valence-electron chi connectivity index (χ2n) is 7.98. The molecular formula is C23H35N5O3. The summed E-state index contributed by atoms with van der Waals surface area (Å²) in [5.74, 6) is 1.01. The normalized spacial score (nSPS) is 19.4. The maximum atomic E-state index is 12.6. The van der Waals surface area contributed by atoms with Gasteiger partial charge in [-0.3, -0.25) is 9.59 Å². The lowest BCUT2D eigenvalue weighted by Crippen LogP contribution is -2.55. The van der Waals surface area contributed by atoms with Gasteiger partial charge in [0.2, 0.25) is 5.91 Å². The molecule has 0 radical (unpaired) electrons. The molecule has 3 rings (SSSR count). The van der Waals surface area contributed by atoms with Gasteiger partial charge in [0.1, 0.15) is 6.10 Å². The van der Waals surface area contributed by atoms with Crippen molar-refractivity contribution in [1.82, 2.24) is 15.1 Å². The van der Waals surface area contributed by atoms with Gasteiger partial charge in [-0.05, 0) is 43.9 Å². The van der Waals surface area contributed by atoms with Crippen molar-refractivity contribution >= 4 is 23.5 Å². The molecule has 31 heavy (non-hydrogen) atoms. The number of hydrogen-bond acceptors (Lipinski definition) is 4. The highest BCUT2D eigenvalue weighted by atomic mass is 16.5. The smallest absolute Gasteiger partial charge is 0.251 e. The van der Waals surface area contributed by atoms with E-state index < -0.39 is 0 Å². The first-order chi connectivity index (χ1) is 15.1. The highest BCUT2D eigenvalue weighted by Gasteiger charge is 2.30. The van der Waals surface area contributed by atoms with Crippen molar-refractivity contribution < 1.29 is 14.3 Å². The van der Waals surface area contributed by atoms with Gasteiger partial charge in [-0.2, -0.15) is 0 Å². The number of aliphatic imine (C=N–C) groups is 1. The van der Waals surface area contributed by atoms with Crippen LogP contribution in [0.15, 0.2) is 29.3 Å². The van der Waals surface area contributed by atoms with Crippen molar-refractivity contribution in [2.24, 2.45) is 4.99 Å². The fourth-order valence-corrected chi connectivity index (χ4v) is 3.90. The molecule has 1 aromatic carbocycles. The Labute approximate surface area is 185 Å². The van der Waals surface area contributed by atoms with Gasteiger partial charge in [0.15, 0.2) is 5.96 Å². The minimum Gasteiger partial charge on any atom is -0.368 e. The Morgan fingerprint density at radius 3 is 2.61 bits per heavy atom. The van der Waals surface area contributed by atoms with Crippen molar-refractivity contribution in [1.29, 1.82) is 0 Å². The van der Waals surface area contributed by atoms with E-state index in [-0.39, 0.29) is 17.9 Å². The molecule has 2 heterocycles. The lowest BCUT2D eigenvalue weighted by molar-refractivity contribution is -0.142. The summed E-state index contributed by atoms with van der Waals surface area (Å²) in [7, 11) is 0. The van der Waals surface area contributed by atoms with Gasteiger partial charge in [0.05, 0.1) is 6.54 Å². The van der Waals surface area contributed by atoms with Crippen molar-refractivity contribution in [3.63, 3.8) is 0 Å². The van der Waals surface area contributed by atoms with Crippen molar-refractivity contribution in [2.45, 2.75) is 52.2 Å². The van der Waals surface area contributed by atoms with E-state index in [1.807, 2.05) is 36.1 Å². The second-order valence-corrected chi connectivity index (χ2v) is 7.98. The van der Waals surface area contributed by atoms with Gasteiger partial charge in [0.25, 0.3) is 5.91 Å². The molecule has 8 nitrogen and oxygen atoms in total. The molecule has 2 N–H and O–H groups in total. The van der Waals surface area contributed by atoms with E-state index in [4.69, 9.17) is 9.73 Å². The van der Waals surface area contributed by atoms with Crippen LogP contribution in [0.25, 0.3) is 0 Å². The monoisotopic (exact) mass is 429 g/mol. The number of carbonyl (C=O) groups excluding carboxylic acids is 2. The van der Waals surface area contributed by atoms with Gasteiger partial charge >= 0.3 is 0 Å². The van der Waals surface area contributed by atoms with E-state index in [2.05, 4.69) is 22.5 Å². The minimum atomic E-state index is -0.251. The quantitative estimate of drug-likeness (QED) is 0.513. The number of nitrogens with one attached hydrogen (secondary N) is 2. The number of piperazine rings is 1. The van der Waals surface area contributed by atoms with Gasteiger partial charge < -0.3 is 25.2 Å². The van der Waals surface area contributed by atoms with Crippen LogP contribution in [0.2, 0.25) is 0 Å². The fourth-order valence-electron chi connectivity index (χ4n) is 3.90. The number of nitrogens with zero attached hydrogens (tertiary/aromatic N) is 3. The summed E-state index contributed by atoms with van der Waals surface area (Å²) in [5, 5.41) is 6.30. The molecule has 1 atom stereocenters. The Kier molecular flexibility index (Phi) is 8.70. The molecule has 2 fully saturated rings. The number of carbonyl (C=O) groups is 2. The Bertz CT molecular complexity index is 768. The first kappa shape index (κ1) is 23.1. The van der Waals surface area contributed by atoms with Gasteiger partial charge in [-0.15, -0.1) is 0 Å². The average Bonchev–Trinajstić information content (AvgIpc) is 3.32. The maximum Gasteiger partial charge on any atom is 0.251 e. The molecule has 0 aromatic heterocycles. The number of benzene rings is 1. The van der Waals surface area contributed by atoms with E-state index in [9.17, 15) is 9.59 Å². The van der Waals surface area contributed by atoms with E-state index in [1.54, 1.807) is 0 Å². The summed E-state index contributed by atoms with van der Waals surface area (Å²) < 4.78 is 5.55.